The van der Waals surface area contributed by atoms with Crippen molar-refractivity contribution < 1.29 is 13.2 Å². The van der Waals surface area contributed by atoms with Crippen LogP contribution in [-0.4, -0.2) is 0 Å². The van der Waals surface area contributed by atoms with Crippen molar-refractivity contribution in [1.29, 1.82) is 0 Å². The van der Waals surface area contributed by atoms with E-state index in [2.05, 4.69) is 0 Å². The highest BCUT2D eigenvalue weighted by Crippen LogP contribution is 2.39. The van der Waals surface area contributed by atoms with Gasteiger partial charge in [0.05, 0.1) is 5.56 Å². The van der Waals surface area contributed by atoms with Gasteiger partial charge in [-0.2, -0.15) is 0 Å². The maximum Gasteiger partial charge on any atom is 0.266 e. The van der Waals surface area contributed by atoms with E-state index in [1.807, 2.05) is 0 Å². The zero-order valence-electron chi connectivity index (χ0n) is 8.09. The number of nitrogens with two attached hydrogens (primary N) is 1. The third-order valence-electron chi connectivity index (χ3n) is 2.77. The Kier molecular flexibility index (Phi) is 2.69. The SMILES string of the molecule is N[C@@H](c1ccc(C(F)F)c(F)c1)C1CC1. The largest absolute Gasteiger partial charge is 0.324 e. The molecule has 82 valence electrons. The first-order valence-corrected chi connectivity index (χ1v) is 4.92. The minimum atomic E-state index is -2.77. The first-order chi connectivity index (χ1) is 7.09. The molecule has 1 aromatic rings. The highest BCUT2D eigenvalue weighted by molar-refractivity contribution is 5.28. The van der Waals surface area contributed by atoms with E-state index < -0.39 is 17.8 Å². The minimum Gasteiger partial charge on any atom is -0.324 e. The molecule has 1 nitrogen and oxygen atoms in total. The fraction of sp³-hybridized carbons (Fsp3) is 0.455. The zero-order valence-corrected chi connectivity index (χ0v) is 8.09. The summed E-state index contributed by atoms with van der Waals surface area (Å²) in [4.78, 5) is 0. The Labute approximate surface area is 86.1 Å². The van der Waals surface area contributed by atoms with Crippen molar-refractivity contribution in [2.75, 3.05) is 0 Å². The Morgan fingerprint density at radius 2 is 1.93 bits per heavy atom. The van der Waals surface area contributed by atoms with Gasteiger partial charge in [-0.15, -0.1) is 0 Å². The van der Waals surface area contributed by atoms with Crippen LogP contribution in [0.2, 0.25) is 0 Å². The van der Waals surface area contributed by atoms with E-state index in [9.17, 15) is 13.2 Å². The normalized spacial score (nSPS) is 18.2. The van der Waals surface area contributed by atoms with Crippen molar-refractivity contribution >= 4 is 0 Å². The monoisotopic (exact) mass is 215 g/mol. The summed E-state index contributed by atoms with van der Waals surface area (Å²) in [6.45, 7) is 0. The van der Waals surface area contributed by atoms with E-state index >= 15 is 0 Å². The second-order valence-electron chi connectivity index (χ2n) is 3.94. The van der Waals surface area contributed by atoms with Gasteiger partial charge in [-0.3, -0.25) is 0 Å². The topological polar surface area (TPSA) is 26.0 Å². The summed E-state index contributed by atoms with van der Waals surface area (Å²) in [5.74, 6) is -0.472. The van der Waals surface area contributed by atoms with Crippen LogP contribution in [0, 0.1) is 11.7 Å². The van der Waals surface area contributed by atoms with Crippen LogP contribution in [-0.2, 0) is 0 Å². The molecule has 2 rings (SSSR count). The molecular formula is C11H12F3N. The fourth-order valence-electron chi connectivity index (χ4n) is 1.66. The van der Waals surface area contributed by atoms with Crippen molar-refractivity contribution in [3.63, 3.8) is 0 Å². The van der Waals surface area contributed by atoms with Gasteiger partial charge in [-0.25, -0.2) is 13.2 Å². The van der Waals surface area contributed by atoms with Gasteiger partial charge in [0.15, 0.2) is 0 Å². The van der Waals surface area contributed by atoms with E-state index in [0.717, 1.165) is 25.0 Å². The van der Waals surface area contributed by atoms with E-state index in [0.29, 0.717) is 11.5 Å². The summed E-state index contributed by atoms with van der Waals surface area (Å²) in [5, 5.41) is 0. The van der Waals surface area contributed by atoms with Crippen LogP contribution in [0.15, 0.2) is 18.2 Å². The summed E-state index contributed by atoms with van der Waals surface area (Å²) in [6, 6.07) is 3.53. The van der Waals surface area contributed by atoms with Crippen LogP contribution in [0.1, 0.15) is 36.4 Å². The predicted octanol–water partition coefficient (Wildman–Crippen LogP) is 3.17. The number of halogens is 3. The van der Waals surface area contributed by atoms with E-state index in [1.165, 1.54) is 6.07 Å². The second kappa shape index (κ2) is 3.85. The van der Waals surface area contributed by atoms with Gasteiger partial charge in [-0.1, -0.05) is 12.1 Å². The van der Waals surface area contributed by atoms with Gasteiger partial charge in [-0.05, 0) is 30.4 Å². The molecule has 2 N–H and O–H groups in total. The van der Waals surface area contributed by atoms with Crippen LogP contribution in [0.5, 0.6) is 0 Å². The molecule has 1 fully saturated rings. The highest BCUT2D eigenvalue weighted by atomic mass is 19.3. The quantitative estimate of drug-likeness (QED) is 0.823. The first kappa shape index (κ1) is 10.5. The number of hydrogen-bond donors (Lipinski definition) is 1. The molecule has 1 saturated carbocycles. The van der Waals surface area contributed by atoms with Gasteiger partial charge in [0.2, 0.25) is 0 Å². The molecule has 0 amide bonds. The van der Waals surface area contributed by atoms with Crippen LogP contribution in [0.3, 0.4) is 0 Å². The molecule has 0 saturated heterocycles. The lowest BCUT2D eigenvalue weighted by Crippen LogP contribution is -2.12. The molecule has 1 aliphatic rings. The minimum absolute atomic E-state index is 0.216. The average molecular weight is 215 g/mol. The predicted molar refractivity (Wildman–Crippen MR) is 51.0 cm³/mol. The Balaban J connectivity index is 2.24. The molecule has 0 spiro atoms. The third-order valence-corrected chi connectivity index (χ3v) is 2.77. The lowest BCUT2D eigenvalue weighted by Gasteiger charge is -2.12. The highest BCUT2D eigenvalue weighted by Gasteiger charge is 2.30. The maximum absolute atomic E-state index is 13.2. The second-order valence-corrected chi connectivity index (χ2v) is 3.94. The summed E-state index contributed by atoms with van der Waals surface area (Å²) in [6.07, 6.45) is -0.685. The van der Waals surface area contributed by atoms with Crippen molar-refractivity contribution in [3.8, 4) is 0 Å². The molecule has 0 heterocycles. The smallest absolute Gasteiger partial charge is 0.266 e. The van der Waals surface area contributed by atoms with E-state index in [-0.39, 0.29) is 6.04 Å². The van der Waals surface area contributed by atoms with Gasteiger partial charge in [0.25, 0.3) is 6.43 Å². The van der Waals surface area contributed by atoms with Crippen molar-refractivity contribution in [3.05, 3.63) is 35.1 Å². The number of rotatable bonds is 3. The molecule has 1 aliphatic carbocycles. The Bertz CT molecular complexity index is 361. The first-order valence-electron chi connectivity index (χ1n) is 4.92. The fourth-order valence-corrected chi connectivity index (χ4v) is 1.66. The van der Waals surface area contributed by atoms with Crippen LogP contribution >= 0.6 is 0 Å². The van der Waals surface area contributed by atoms with Crippen LogP contribution in [0.25, 0.3) is 0 Å². The number of benzene rings is 1. The van der Waals surface area contributed by atoms with Gasteiger partial charge in [0, 0.05) is 6.04 Å². The molecular weight excluding hydrogens is 203 g/mol. The van der Waals surface area contributed by atoms with Gasteiger partial charge in [0.1, 0.15) is 5.82 Å². The summed E-state index contributed by atoms with van der Waals surface area (Å²) in [7, 11) is 0. The standard InChI is InChI=1S/C11H12F3N/c12-9-5-7(10(15)6-1-2-6)3-4-8(9)11(13)14/h3-6,10-11H,1-2,15H2/t10-/m1/s1. The van der Waals surface area contributed by atoms with E-state index in [1.54, 1.807) is 0 Å². The molecule has 15 heavy (non-hydrogen) atoms. The summed E-state index contributed by atoms with van der Waals surface area (Å²) >= 11 is 0. The van der Waals surface area contributed by atoms with Crippen molar-refractivity contribution in [2.45, 2.75) is 25.3 Å². The molecule has 0 unspecified atom stereocenters. The van der Waals surface area contributed by atoms with Crippen molar-refractivity contribution in [1.82, 2.24) is 0 Å². The Morgan fingerprint density at radius 1 is 1.27 bits per heavy atom. The molecule has 0 radical (unpaired) electrons. The Morgan fingerprint density at radius 3 is 2.40 bits per heavy atom. The lowest BCUT2D eigenvalue weighted by molar-refractivity contribution is 0.146. The zero-order chi connectivity index (χ0) is 11.0. The molecule has 4 heteroatoms. The molecule has 0 aliphatic heterocycles. The lowest BCUT2D eigenvalue weighted by atomic mass is 10.0. The van der Waals surface area contributed by atoms with Crippen molar-refractivity contribution in [2.24, 2.45) is 11.7 Å². The van der Waals surface area contributed by atoms with Gasteiger partial charge < -0.3 is 5.73 Å². The average Bonchev–Trinajstić information content (AvgIpc) is 2.99. The molecule has 1 atom stereocenters. The Hall–Kier alpha value is -1.03. The molecule has 1 aromatic carbocycles. The maximum atomic E-state index is 13.2. The third kappa shape index (κ3) is 2.15. The molecule has 0 aromatic heterocycles. The van der Waals surface area contributed by atoms with Crippen LogP contribution in [0.4, 0.5) is 13.2 Å². The number of hydrogen-bond acceptors (Lipinski definition) is 1. The summed E-state index contributed by atoms with van der Waals surface area (Å²) in [5.41, 5.74) is 5.90. The van der Waals surface area contributed by atoms with Crippen LogP contribution < -0.4 is 5.73 Å². The van der Waals surface area contributed by atoms with E-state index in [4.69, 9.17) is 5.73 Å². The van der Waals surface area contributed by atoms with Gasteiger partial charge >= 0.3 is 0 Å². The summed E-state index contributed by atoms with van der Waals surface area (Å²) < 4.78 is 37.7. The number of alkyl halides is 2. The molecule has 0 bridgehead atoms.